The number of nitrogens with zero attached hydrogens (tertiary/aromatic N) is 1. The summed E-state index contributed by atoms with van der Waals surface area (Å²) >= 11 is 3.24. The molecule has 1 aromatic heterocycles. The summed E-state index contributed by atoms with van der Waals surface area (Å²) in [4.78, 5) is 15.8. The van der Waals surface area contributed by atoms with Gasteiger partial charge in [0.05, 0.1) is 11.4 Å². The van der Waals surface area contributed by atoms with Gasteiger partial charge in [-0.3, -0.25) is 4.79 Å². The molecule has 1 aromatic carbocycles. The Labute approximate surface area is 112 Å². The van der Waals surface area contributed by atoms with Crippen LogP contribution in [0.1, 0.15) is 10.5 Å². The number of aromatic hydroxyl groups is 1. The third-order valence-electron chi connectivity index (χ3n) is 2.24. The van der Waals surface area contributed by atoms with Gasteiger partial charge in [-0.25, -0.2) is 4.98 Å². The monoisotopic (exact) mass is 307 g/mol. The Balaban J connectivity index is 2.18. The highest BCUT2D eigenvalue weighted by molar-refractivity contribution is 9.10. The number of hydrogen-bond donors (Lipinski definition) is 3. The molecule has 1 amide bonds. The Morgan fingerprint density at radius 3 is 2.72 bits per heavy atom. The number of phenols is 1. The fourth-order valence-electron chi connectivity index (χ4n) is 1.36. The second-order valence-electron chi connectivity index (χ2n) is 3.59. The molecule has 4 N–H and O–H groups in total. The number of hydrogen-bond acceptors (Lipinski definition) is 4. The van der Waals surface area contributed by atoms with Crippen molar-refractivity contribution in [3.05, 3.63) is 46.7 Å². The van der Waals surface area contributed by atoms with Crippen LogP contribution in [0.3, 0.4) is 0 Å². The second-order valence-corrected chi connectivity index (χ2v) is 4.50. The van der Waals surface area contributed by atoms with Crippen LogP contribution in [-0.2, 0) is 0 Å². The number of halogens is 1. The van der Waals surface area contributed by atoms with Gasteiger partial charge in [0.1, 0.15) is 11.4 Å². The molecule has 0 saturated carbocycles. The zero-order chi connectivity index (χ0) is 13.1. The van der Waals surface area contributed by atoms with E-state index in [4.69, 9.17) is 5.73 Å². The van der Waals surface area contributed by atoms with E-state index in [1.807, 2.05) is 0 Å². The minimum absolute atomic E-state index is 0.0484. The van der Waals surface area contributed by atoms with E-state index in [0.717, 1.165) is 4.47 Å². The first-order valence-corrected chi connectivity index (χ1v) is 5.87. The SMILES string of the molecule is Nc1cc(O)ccc1NC(=O)c1ccc(Br)cn1. The van der Waals surface area contributed by atoms with Crippen LogP contribution >= 0.6 is 15.9 Å². The average Bonchev–Trinajstić information content (AvgIpc) is 2.33. The normalized spacial score (nSPS) is 10.1. The smallest absolute Gasteiger partial charge is 0.274 e. The first-order chi connectivity index (χ1) is 8.56. The third kappa shape index (κ3) is 2.78. The molecule has 0 aliphatic heterocycles. The first kappa shape index (κ1) is 12.4. The Morgan fingerprint density at radius 1 is 1.33 bits per heavy atom. The number of phenolic OH excluding ortho intramolecular Hbond substituents is 1. The molecule has 0 spiro atoms. The maximum Gasteiger partial charge on any atom is 0.274 e. The fourth-order valence-corrected chi connectivity index (χ4v) is 1.59. The van der Waals surface area contributed by atoms with E-state index in [9.17, 15) is 9.90 Å². The number of benzene rings is 1. The molecule has 6 heteroatoms. The van der Waals surface area contributed by atoms with Gasteiger partial charge in [-0.05, 0) is 40.2 Å². The molecule has 1 heterocycles. The van der Waals surface area contributed by atoms with Crippen molar-refractivity contribution in [1.29, 1.82) is 0 Å². The number of carbonyl (C=O) groups is 1. The van der Waals surface area contributed by atoms with Crippen LogP contribution in [0.15, 0.2) is 41.0 Å². The number of anilines is 2. The molecule has 2 rings (SSSR count). The molecule has 5 nitrogen and oxygen atoms in total. The molecule has 2 aromatic rings. The summed E-state index contributed by atoms with van der Waals surface area (Å²) in [5.74, 6) is -0.313. The molecule has 92 valence electrons. The van der Waals surface area contributed by atoms with Gasteiger partial charge in [-0.2, -0.15) is 0 Å². The summed E-state index contributed by atoms with van der Waals surface area (Å²) in [5.41, 5.74) is 6.68. The molecule has 0 fully saturated rings. The number of rotatable bonds is 2. The largest absolute Gasteiger partial charge is 0.508 e. The van der Waals surface area contributed by atoms with Gasteiger partial charge in [-0.1, -0.05) is 0 Å². The summed E-state index contributed by atoms with van der Waals surface area (Å²) < 4.78 is 0.795. The van der Waals surface area contributed by atoms with Crippen molar-refractivity contribution in [3.63, 3.8) is 0 Å². The van der Waals surface area contributed by atoms with E-state index < -0.39 is 0 Å². The summed E-state index contributed by atoms with van der Waals surface area (Å²) in [6, 6.07) is 7.66. The minimum Gasteiger partial charge on any atom is -0.508 e. The lowest BCUT2D eigenvalue weighted by Gasteiger charge is -2.07. The van der Waals surface area contributed by atoms with Crippen LogP contribution < -0.4 is 11.1 Å². The van der Waals surface area contributed by atoms with Gasteiger partial charge in [0.15, 0.2) is 0 Å². The lowest BCUT2D eigenvalue weighted by Crippen LogP contribution is -2.14. The molecular formula is C12H10BrN3O2. The summed E-state index contributed by atoms with van der Waals surface area (Å²) in [6.07, 6.45) is 1.54. The van der Waals surface area contributed by atoms with Crippen molar-refractivity contribution in [2.24, 2.45) is 0 Å². The highest BCUT2D eigenvalue weighted by atomic mass is 79.9. The average molecular weight is 308 g/mol. The van der Waals surface area contributed by atoms with Gasteiger partial charge < -0.3 is 16.2 Å². The number of amides is 1. The van der Waals surface area contributed by atoms with Gasteiger partial charge >= 0.3 is 0 Å². The molecule has 18 heavy (non-hydrogen) atoms. The van der Waals surface area contributed by atoms with Gasteiger partial charge in [0.25, 0.3) is 5.91 Å². The van der Waals surface area contributed by atoms with Gasteiger partial charge in [0, 0.05) is 16.7 Å². The van der Waals surface area contributed by atoms with E-state index in [0.29, 0.717) is 11.4 Å². The Kier molecular flexibility index (Phi) is 3.47. The van der Waals surface area contributed by atoms with E-state index in [1.54, 1.807) is 12.1 Å². The fraction of sp³-hybridized carbons (Fsp3) is 0. The topological polar surface area (TPSA) is 88.2 Å². The van der Waals surface area contributed by atoms with Crippen molar-refractivity contribution in [2.75, 3.05) is 11.1 Å². The summed E-state index contributed by atoms with van der Waals surface area (Å²) in [7, 11) is 0. The molecule has 0 bridgehead atoms. The number of carbonyl (C=O) groups excluding carboxylic acids is 1. The van der Waals surface area contributed by atoms with Crippen molar-refractivity contribution < 1.29 is 9.90 Å². The van der Waals surface area contributed by atoms with E-state index in [2.05, 4.69) is 26.2 Å². The van der Waals surface area contributed by atoms with E-state index >= 15 is 0 Å². The van der Waals surface area contributed by atoms with Gasteiger partial charge in [0.2, 0.25) is 0 Å². The molecular weight excluding hydrogens is 298 g/mol. The lowest BCUT2D eigenvalue weighted by atomic mass is 10.2. The van der Waals surface area contributed by atoms with Gasteiger partial charge in [-0.15, -0.1) is 0 Å². The zero-order valence-electron chi connectivity index (χ0n) is 9.22. The molecule has 0 unspecified atom stereocenters. The van der Waals surface area contributed by atoms with Crippen molar-refractivity contribution in [1.82, 2.24) is 4.98 Å². The van der Waals surface area contributed by atoms with Crippen LogP contribution in [0, 0.1) is 0 Å². The molecule has 0 atom stereocenters. The van der Waals surface area contributed by atoms with Crippen LogP contribution in [0.5, 0.6) is 5.75 Å². The van der Waals surface area contributed by atoms with Crippen LogP contribution in [-0.4, -0.2) is 16.0 Å². The van der Waals surface area contributed by atoms with E-state index in [-0.39, 0.29) is 17.4 Å². The summed E-state index contributed by atoms with van der Waals surface area (Å²) in [5, 5.41) is 11.8. The second kappa shape index (κ2) is 5.05. The zero-order valence-corrected chi connectivity index (χ0v) is 10.8. The van der Waals surface area contributed by atoms with Crippen molar-refractivity contribution in [2.45, 2.75) is 0 Å². The van der Waals surface area contributed by atoms with Crippen LogP contribution in [0.4, 0.5) is 11.4 Å². The van der Waals surface area contributed by atoms with Crippen LogP contribution in [0.25, 0.3) is 0 Å². The van der Waals surface area contributed by atoms with E-state index in [1.165, 1.54) is 24.4 Å². The maximum atomic E-state index is 11.9. The molecule has 0 aliphatic rings. The van der Waals surface area contributed by atoms with Crippen molar-refractivity contribution in [3.8, 4) is 5.75 Å². The molecule has 0 radical (unpaired) electrons. The predicted octanol–water partition coefficient (Wildman–Crippen LogP) is 2.38. The quantitative estimate of drug-likeness (QED) is 0.587. The number of nitrogens with one attached hydrogen (secondary N) is 1. The highest BCUT2D eigenvalue weighted by Crippen LogP contribution is 2.23. The number of nitrogen functional groups attached to an aromatic ring is 1. The standard InChI is InChI=1S/C12H10BrN3O2/c13-7-1-3-11(15-6-7)12(18)16-10-4-2-8(17)5-9(10)14/h1-6,17H,14H2,(H,16,18). The number of pyridine rings is 1. The Hall–Kier alpha value is -2.08. The lowest BCUT2D eigenvalue weighted by molar-refractivity contribution is 0.102. The third-order valence-corrected chi connectivity index (χ3v) is 2.71. The Bertz CT molecular complexity index is 584. The van der Waals surface area contributed by atoms with Crippen molar-refractivity contribution >= 4 is 33.2 Å². The number of aromatic nitrogens is 1. The molecule has 0 saturated heterocycles. The minimum atomic E-state index is -0.361. The maximum absolute atomic E-state index is 11.9. The highest BCUT2D eigenvalue weighted by Gasteiger charge is 2.09. The van der Waals surface area contributed by atoms with Crippen LogP contribution in [0.2, 0.25) is 0 Å². The Morgan fingerprint density at radius 2 is 2.11 bits per heavy atom. The summed E-state index contributed by atoms with van der Waals surface area (Å²) in [6.45, 7) is 0. The predicted molar refractivity (Wildman–Crippen MR) is 72.4 cm³/mol. The number of nitrogens with two attached hydrogens (primary N) is 1. The first-order valence-electron chi connectivity index (χ1n) is 5.07. The molecule has 0 aliphatic carbocycles.